The first-order valence-electron chi connectivity index (χ1n) is 8.74. The van der Waals surface area contributed by atoms with Crippen LogP contribution in [-0.2, 0) is 9.59 Å². The summed E-state index contributed by atoms with van der Waals surface area (Å²) in [4.78, 5) is 24.5. The van der Waals surface area contributed by atoms with E-state index in [1.54, 1.807) is 0 Å². The van der Waals surface area contributed by atoms with Crippen LogP contribution in [0.1, 0.15) is 56.6 Å². The summed E-state index contributed by atoms with van der Waals surface area (Å²) in [5.74, 6) is -0.611. The van der Waals surface area contributed by atoms with Gasteiger partial charge >= 0.3 is 11.8 Å². The number of anilines is 1. The van der Waals surface area contributed by atoms with Crippen LogP contribution in [-0.4, -0.2) is 29.6 Å². The number of carbonyl (C=O) groups is 2. The van der Waals surface area contributed by atoms with Crippen molar-refractivity contribution >= 4 is 17.5 Å². The molecule has 1 aromatic carbocycles. The van der Waals surface area contributed by atoms with E-state index in [4.69, 9.17) is 5.11 Å². The van der Waals surface area contributed by atoms with Crippen molar-refractivity contribution in [3.05, 3.63) is 29.3 Å². The minimum Gasteiger partial charge on any atom is -0.396 e. The Hall–Kier alpha value is -1.88. The van der Waals surface area contributed by atoms with Gasteiger partial charge in [0.1, 0.15) is 0 Å². The fourth-order valence-corrected chi connectivity index (χ4v) is 3.25. The summed E-state index contributed by atoms with van der Waals surface area (Å²) in [6, 6.07) is 5.88. The molecule has 0 aromatic heterocycles. The van der Waals surface area contributed by atoms with Gasteiger partial charge in [-0.1, -0.05) is 32.0 Å². The Balaban J connectivity index is 1.97. The van der Waals surface area contributed by atoms with Gasteiger partial charge in [0, 0.05) is 18.3 Å². The highest BCUT2D eigenvalue weighted by molar-refractivity contribution is 6.39. The normalized spacial score (nSPS) is 20.7. The number of hydrogen-bond donors (Lipinski definition) is 3. The van der Waals surface area contributed by atoms with Gasteiger partial charge in [0.05, 0.1) is 0 Å². The van der Waals surface area contributed by atoms with E-state index in [-0.39, 0.29) is 18.6 Å². The van der Waals surface area contributed by atoms with E-state index in [9.17, 15) is 9.59 Å². The van der Waals surface area contributed by atoms with Gasteiger partial charge in [-0.15, -0.1) is 0 Å². The monoisotopic (exact) mass is 332 g/mol. The number of aryl methyl sites for hydroxylation is 1. The van der Waals surface area contributed by atoms with Gasteiger partial charge in [-0.2, -0.15) is 0 Å². The summed E-state index contributed by atoms with van der Waals surface area (Å²) >= 11 is 0. The molecule has 132 valence electrons. The number of para-hydroxylation sites is 1. The third kappa shape index (κ3) is 4.57. The number of rotatable bonds is 4. The highest BCUT2D eigenvalue weighted by atomic mass is 16.3. The van der Waals surface area contributed by atoms with E-state index in [0.29, 0.717) is 5.92 Å². The SMILES string of the molecule is Cc1cccc(C(C)C)c1NC(=O)C(=O)NC1CCC(CO)CC1. The summed E-state index contributed by atoms with van der Waals surface area (Å²) in [6.45, 7) is 6.25. The minimum atomic E-state index is -0.615. The van der Waals surface area contributed by atoms with Crippen LogP contribution in [0, 0.1) is 12.8 Å². The molecular weight excluding hydrogens is 304 g/mol. The number of amides is 2. The second-order valence-electron chi connectivity index (χ2n) is 7.02. The van der Waals surface area contributed by atoms with Crippen molar-refractivity contribution < 1.29 is 14.7 Å². The third-order valence-corrected chi connectivity index (χ3v) is 4.81. The van der Waals surface area contributed by atoms with E-state index in [0.717, 1.165) is 42.5 Å². The molecule has 1 aromatic rings. The smallest absolute Gasteiger partial charge is 0.313 e. The van der Waals surface area contributed by atoms with Gasteiger partial charge in [0.15, 0.2) is 0 Å². The first kappa shape index (κ1) is 18.5. The number of benzene rings is 1. The molecule has 2 rings (SSSR count). The largest absolute Gasteiger partial charge is 0.396 e. The van der Waals surface area contributed by atoms with Gasteiger partial charge in [0.25, 0.3) is 0 Å². The molecule has 0 aliphatic heterocycles. The molecule has 0 heterocycles. The van der Waals surface area contributed by atoms with E-state index in [2.05, 4.69) is 24.5 Å². The molecule has 1 saturated carbocycles. The zero-order valence-electron chi connectivity index (χ0n) is 14.8. The standard InChI is InChI=1S/C19H28N2O3/c1-12(2)16-6-4-5-13(3)17(16)21-19(24)18(23)20-15-9-7-14(11-22)8-10-15/h4-6,12,14-15,22H,7-11H2,1-3H3,(H,20,23)(H,21,24). The number of hydrogen-bond acceptors (Lipinski definition) is 3. The molecule has 0 radical (unpaired) electrons. The summed E-state index contributed by atoms with van der Waals surface area (Å²) in [7, 11) is 0. The molecule has 0 spiro atoms. The zero-order valence-corrected chi connectivity index (χ0v) is 14.8. The van der Waals surface area contributed by atoms with Crippen molar-refractivity contribution in [1.29, 1.82) is 0 Å². The summed E-state index contributed by atoms with van der Waals surface area (Å²) < 4.78 is 0. The molecule has 1 aliphatic rings. The van der Waals surface area contributed by atoms with E-state index in [1.165, 1.54) is 0 Å². The molecule has 24 heavy (non-hydrogen) atoms. The molecule has 1 fully saturated rings. The molecule has 5 heteroatoms. The maximum absolute atomic E-state index is 12.3. The van der Waals surface area contributed by atoms with Crippen molar-refractivity contribution in [2.24, 2.45) is 5.92 Å². The van der Waals surface area contributed by atoms with Crippen molar-refractivity contribution in [2.75, 3.05) is 11.9 Å². The van der Waals surface area contributed by atoms with Crippen LogP contribution < -0.4 is 10.6 Å². The Morgan fingerprint density at radius 2 is 1.83 bits per heavy atom. The average molecular weight is 332 g/mol. The van der Waals surface area contributed by atoms with Gasteiger partial charge in [-0.05, 0) is 55.6 Å². The van der Waals surface area contributed by atoms with Crippen LogP contribution >= 0.6 is 0 Å². The lowest BCUT2D eigenvalue weighted by Gasteiger charge is -2.27. The van der Waals surface area contributed by atoms with Gasteiger partial charge in [-0.3, -0.25) is 9.59 Å². The predicted molar refractivity (Wildman–Crippen MR) is 94.9 cm³/mol. The first-order valence-corrected chi connectivity index (χ1v) is 8.74. The quantitative estimate of drug-likeness (QED) is 0.742. The first-order chi connectivity index (χ1) is 11.4. The van der Waals surface area contributed by atoms with Crippen molar-refractivity contribution in [3.8, 4) is 0 Å². The zero-order chi connectivity index (χ0) is 17.7. The summed E-state index contributed by atoms with van der Waals surface area (Å²) in [5.41, 5.74) is 2.71. The molecule has 0 atom stereocenters. The van der Waals surface area contributed by atoms with Crippen molar-refractivity contribution in [3.63, 3.8) is 0 Å². The summed E-state index contributed by atoms with van der Waals surface area (Å²) in [6.07, 6.45) is 3.40. The van der Waals surface area contributed by atoms with Crippen LogP contribution in [0.2, 0.25) is 0 Å². The Labute approximate surface area is 143 Å². The van der Waals surface area contributed by atoms with Crippen LogP contribution in [0.3, 0.4) is 0 Å². The maximum atomic E-state index is 12.3. The summed E-state index contributed by atoms with van der Waals surface area (Å²) in [5, 5.41) is 14.8. The number of carbonyl (C=O) groups excluding carboxylic acids is 2. The van der Waals surface area contributed by atoms with Crippen LogP contribution in [0.4, 0.5) is 5.69 Å². The second kappa shape index (κ2) is 8.29. The minimum absolute atomic E-state index is 0.0208. The molecular formula is C19H28N2O3. The van der Waals surface area contributed by atoms with Crippen LogP contribution in [0.5, 0.6) is 0 Å². The number of aliphatic hydroxyl groups is 1. The lowest BCUT2D eigenvalue weighted by molar-refractivity contribution is -0.136. The highest BCUT2D eigenvalue weighted by Gasteiger charge is 2.25. The van der Waals surface area contributed by atoms with E-state index in [1.807, 2.05) is 25.1 Å². The lowest BCUT2D eigenvalue weighted by Crippen LogP contribution is -2.43. The molecule has 2 amide bonds. The highest BCUT2D eigenvalue weighted by Crippen LogP contribution is 2.27. The third-order valence-electron chi connectivity index (χ3n) is 4.81. The van der Waals surface area contributed by atoms with E-state index >= 15 is 0 Å². The molecule has 1 aliphatic carbocycles. The Kier molecular flexibility index (Phi) is 6.37. The van der Waals surface area contributed by atoms with E-state index < -0.39 is 11.8 Å². The van der Waals surface area contributed by atoms with Crippen LogP contribution in [0.25, 0.3) is 0 Å². The number of nitrogens with one attached hydrogen (secondary N) is 2. The van der Waals surface area contributed by atoms with Crippen molar-refractivity contribution in [1.82, 2.24) is 5.32 Å². The molecule has 3 N–H and O–H groups in total. The fourth-order valence-electron chi connectivity index (χ4n) is 3.25. The molecule has 5 nitrogen and oxygen atoms in total. The fraction of sp³-hybridized carbons (Fsp3) is 0.579. The maximum Gasteiger partial charge on any atom is 0.313 e. The van der Waals surface area contributed by atoms with Gasteiger partial charge in [0.2, 0.25) is 0 Å². The van der Waals surface area contributed by atoms with Gasteiger partial charge < -0.3 is 15.7 Å². The molecule has 0 bridgehead atoms. The second-order valence-corrected chi connectivity index (χ2v) is 7.02. The lowest BCUT2D eigenvalue weighted by atomic mass is 9.86. The van der Waals surface area contributed by atoms with Gasteiger partial charge in [-0.25, -0.2) is 0 Å². The predicted octanol–water partition coefficient (Wildman–Crippen LogP) is 2.72. The molecule has 0 unspecified atom stereocenters. The Morgan fingerprint density at radius 3 is 2.42 bits per heavy atom. The Morgan fingerprint density at radius 1 is 1.17 bits per heavy atom. The Bertz CT molecular complexity index is 590. The number of aliphatic hydroxyl groups excluding tert-OH is 1. The molecule has 0 saturated heterocycles. The average Bonchev–Trinajstić information content (AvgIpc) is 2.57. The van der Waals surface area contributed by atoms with Crippen LogP contribution in [0.15, 0.2) is 18.2 Å². The topological polar surface area (TPSA) is 78.4 Å². The van der Waals surface area contributed by atoms with Crippen molar-refractivity contribution in [2.45, 2.75) is 58.4 Å².